The third-order valence-corrected chi connectivity index (χ3v) is 7.37. The molecular weight excluding hydrogens is 596 g/mol. The molecule has 5 aromatic rings. The lowest BCUT2D eigenvalue weighted by Crippen LogP contribution is -2.45. The molecule has 6 rings (SSSR count). The Bertz CT molecular complexity index is 1830. The quantitative estimate of drug-likeness (QED) is 0.195. The molecular formula is C30H28F4N8O3. The Hall–Kier alpha value is -5.02. The van der Waals surface area contributed by atoms with Gasteiger partial charge in [0, 0.05) is 30.9 Å². The molecule has 0 bridgehead atoms. The average molecular weight is 625 g/mol. The predicted molar refractivity (Wildman–Crippen MR) is 158 cm³/mol. The molecule has 2 unspecified atom stereocenters. The van der Waals surface area contributed by atoms with Crippen molar-refractivity contribution in [2.45, 2.75) is 38.8 Å². The van der Waals surface area contributed by atoms with E-state index in [1.807, 2.05) is 13.8 Å². The van der Waals surface area contributed by atoms with E-state index in [2.05, 4.69) is 30.6 Å². The van der Waals surface area contributed by atoms with Crippen LogP contribution in [0.25, 0.3) is 28.0 Å². The first-order chi connectivity index (χ1) is 21.5. The smallest absolute Gasteiger partial charge is 0.416 e. The summed E-state index contributed by atoms with van der Waals surface area (Å²) in [6.45, 7) is 5.95. The molecule has 0 spiro atoms. The number of fused-ring (bicyclic) bond motifs is 1. The number of nitrogens with zero attached hydrogens (tertiary/aromatic N) is 5. The predicted octanol–water partition coefficient (Wildman–Crippen LogP) is 6.04. The van der Waals surface area contributed by atoms with Crippen molar-refractivity contribution in [1.82, 2.24) is 24.5 Å². The van der Waals surface area contributed by atoms with Gasteiger partial charge in [0.25, 0.3) is 0 Å². The second-order valence-corrected chi connectivity index (χ2v) is 10.8. The lowest BCUT2D eigenvalue weighted by atomic mass is 9.99. The van der Waals surface area contributed by atoms with Gasteiger partial charge in [0.15, 0.2) is 18.0 Å². The maximum absolute atomic E-state index is 14.1. The van der Waals surface area contributed by atoms with E-state index in [0.29, 0.717) is 71.5 Å². The number of alkyl halides is 3. The van der Waals surface area contributed by atoms with E-state index in [1.165, 1.54) is 12.7 Å². The molecule has 2 aromatic carbocycles. The highest BCUT2D eigenvalue weighted by Crippen LogP contribution is 2.42. The molecule has 4 N–H and O–H groups in total. The molecule has 1 fully saturated rings. The number of halogens is 4. The summed E-state index contributed by atoms with van der Waals surface area (Å²) in [6, 6.07) is 7.49. The van der Waals surface area contributed by atoms with Crippen molar-refractivity contribution in [3.63, 3.8) is 0 Å². The van der Waals surface area contributed by atoms with Crippen LogP contribution in [-0.2, 0) is 17.5 Å². The van der Waals surface area contributed by atoms with Gasteiger partial charge in [-0.2, -0.15) is 18.3 Å². The molecule has 0 aliphatic carbocycles. The SMILES string of the molecule is CC1CN(Cc2c(-c3cnco3)c(-c3ccc(NC(=O)Nc4cc(C(F)(F)F)ccc4F)cc3)c3c(N)ncnn23)CC(C)O1. The monoisotopic (exact) mass is 624 g/mol. The van der Waals surface area contributed by atoms with E-state index in [4.69, 9.17) is 14.9 Å². The Balaban J connectivity index is 1.34. The van der Waals surface area contributed by atoms with Crippen LogP contribution in [0.15, 0.2) is 65.8 Å². The van der Waals surface area contributed by atoms with Crippen molar-refractivity contribution in [3.8, 4) is 22.5 Å². The van der Waals surface area contributed by atoms with Crippen LogP contribution < -0.4 is 16.4 Å². The third-order valence-electron chi connectivity index (χ3n) is 7.37. The number of nitrogens with one attached hydrogen (secondary N) is 2. The molecule has 0 saturated carbocycles. The van der Waals surface area contributed by atoms with Gasteiger partial charge >= 0.3 is 12.2 Å². The maximum atomic E-state index is 14.1. The number of nitrogens with two attached hydrogens (primary N) is 1. The van der Waals surface area contributed by atoms with Crippen LogP contribution in [0.1, 0.15) is 25.1 Å². The molecule has 0 radical (unpaired) electrons. The normalized spacial score (nSPS) is 17.5. The number of nitrogen functional groups attached to an aromatic ring is 1. The summed E-state index contributed by atoms with van der Waals surface area (Å²) in [7, 11) is 0. The van der Waals surface area contributed by atoms with Gasteiger partial charge in [0.05, 0.1) is 40.9 Å². The van der Waals surface area contributed by atoms with E-state index in [1.54, 1.807) is 35.0 Å². The minimum absolute atomic E-state index is 0.0372. The Morgan fingerprint density at radius 3 is 2.47 bits per heavy atom. The second-order valence-electron chi connectivity index (χ2n) is 10.8. The fourth-order valence-electron chi connectivity index (χ4n) is 5.63. The number of benzene rings is 2. The van der Waals surface area contributed by atoms with Crippen LogP contribution in [0.4, 0.5) is 39.5 Å². The Morgan fingerprint density at radius 2 is 1.80 bits per heavy atom. The number of urea groups is 1. The van der Waals surface area contributed by atoms with Crippen molar-refractivity contribution in [2.75, 3.05) is 29.5 Å². The molecule has 15 heteroatoms. The largest absolute Gasteiger partial charge is 0.443 e. The van der Waals surface area contributed by atoms with Crippen molar-refractivity contribution in [2.24, 2.45) is 0 Å². The summed E-state index contributed by atoms with van der Waals surface area (Å²) < 4.78 is 66.8. The van der Waals surface area contributed by atoms with E-state index in [9.17, 15) is 22.4 Å². The molecule has 3 aromatic heterocycles. The van der Waals surface area contributed by atoms with Crippen LogP contribution in [0, 0.1) is 5.82 Å². The van der Waals surface area contributed by atoms with Gasteiger partial charge in [-0.15, -0.1) is 0 Å². The first-order valence-corrected chi connectivity index (χ1v) is 13.9. The van der Waals surface area contributed by atoms with Gasteiger partial charge in [0.2, 0.25) is 0 Å². The van der Waals surface area contributed by atoms with Crippen molar-refractivity contribution < 1.29 is 31.5 Å². The fraction of sp³-hybridized carbons (Fsp3) is 0.267. The summed E-state index contributed by atoms with van der Waals surface area (Å²) in [5, 5.41) is 9.17. The molecule has 4 heterocycles. The van der Waals surface area contributed by atoms with Gasteiger partial charge in [0.1, 0.15) is 17.7 Å². The number of carbonyl (C=O) groups excluding carboxylic acids is 1. The van der Waals surface area contributed by atoms with E-state index in [0.717, 1.165) is 5.69 Å². The highest BCUT2D eigenvalue weighted by molar-refractivity contribution is 6.01. The standard InChI is InChI=1S/C30H28F4N8O3/c1-16-11-41(12-17(2)45-16)13-23-26(24-10-36-15-44-24)25(27-28(35)37-14-38-42(23)27)18-3-6-20(7-4-18)39-29(43)40-22-9-19(30(32,33)34)5-8-21(22)31/h3-10,14-17H,11-13H2,1-2H3,(H2,35,37,38)(H2,39,40,43). The number of anilines is 3. The number of hydrogen-bond donors (Lipinski definition) is 3. The van der Waals surface area contributed by atoms with Crippen LogP contribution in [0.3, 0.4) is 0 Å². The number of amides is 2. The lowest BCUT2D eigenvalue weighted by Gasteiger charge is -2.35. The van der Waals surface area contributed by atoms with Crippen LogP contribution >= 0.6 is 0 Å². The van der Waals surface area contributed by atoms with Gasteiger partial charge in [-0.3, -0.25) is 4.90 Å². The molecule has 2 amide bonds. The molecule has 11 nitrogen and oxygen atoms in total. The van der Waals surface area contributed by atoms with Gasteiger partial charge in [-0.25, -0.2) is 23.7 Å². The number of carbonyl (C=O) groups is 1. The highest BCUT2D eigenvalue weighted by Gasteiger charge is 2.32. The van der Waals surface area contributed by atoms with Crippen LogP contribution in [0.5, 0.6) is 0 Å². The zero-order chi connectivity index (χ0) is 31.9. The topological polar surface area (TPSA) is 136 Å². The minimum atomic E-state index is -4.70. The fourth-order valence-corrected chi connectivity index (χ4v) is 5.63. The summed E-state index contributed by atoms with van der Waals surface area (Å²) in [4.78, 5) is 23.2. The Labute approximate surface area is 254 Å². The summed E-state index contributed by atoms with van der Waals surface area (Å²) in [5.41, 5.74) is 8.43. The molecule has 45 heavy (non-hydrogen) atoms. The second kappa shape index (κ2) is 11.8. The van der Waals surface area contributed by atoms with E-state index in [-0.39, 0.29) is 18.0 Å². The molecule has 2 atom stereocenters. The first kappa shape index (κ1) is 30.0. The number of oxazole rings is 1. The van der Waals surface area contributed by atoms with Gasteiger partial charge < -0.3 is 25.5 Å². The third kappa shape index (κ3) is 6.17. The van der Waals surface area contributed by atoms with Crippen molar-refractivity contribution in [1.29, 1.82) is 0 Å². The first-order valence-electron chi connectivity index (χ1n) is 13.9. The number of ether oxygens (including phenoxy) is 1. The van der Waals surface area contributed by atoms with Crippen LogP contribution in [-0.4, -0.2) is 55.8 Å². The number of rotatable bonds is 6. The molecule has 1 aliphatic rings. The summed E-state index contributed by atoms with van der Waals surface area (Å²) in [6.07, 6.45) is -0.313. The summed E-state index contributed by atoms with van der Waals surface area (Å²) >= 11 is 0. The number of morpholine rings is 1. The molecule has 234 valence electrons. The van der Waals surface area contributed by atoms with E-state index >= 15 is 0 Å². The molecule has 1 saturated heterocycles. The zero-order valence-electron chi connectivity index (χ0n) is 24.1. The highest BCUT2D eigenvalue weighted by atomic mass is 19.4. The Kier molecular flexibility index (Phi) is 7.88. The summed E-state index contributed by atoms with van der Waals surface area (Å²) in [5.74, 6) is -0.282. The zero-order valence-corrected chi connectivity index (χ0v) is 24.1. The Morgan fingerprint density at radius 1 is 1.07 bits per heavy atom. The van der Waals surface area contributed by atoms with Gasteiger partial charge in [-0.1, -0.05) is 12.1 Å². The van der Waals surface area contributed by atoms with Crippen molar-refractivity contribution in [3.05, 3.63) is 78.5 Å². The minimum Gasteiger partial charge on any atom is -0.443 e. The number of aromatic nitrogens is 4. The molecule has 1 aliphatic heterocycles. The van der Waals surface area contributed by atoms with Gasteiger partial charge in [-0.05, 0) is 49.7 Å². The lowest BCUT2D eigenvalue weighted by molar-refractivity contribution is -0.137. The average Bonchev–Trinajstić information content (AvgIpc) is 3.61. The number of hydrogen-bond acceptors (Lipinski definition) is 8. The van der Waals surface area contributed by atoms with Crippen molar-refractivity contribution >= 4 is 28.7 Å². The van der Waals surface area contributed by atoms with E-state index < -0.39 is 29.3 Å². The van der Waals surface area contributed by atoms with Crippen LogP contribution in [0.2, 0.25) is 0 Å². The maximum Gasteiger partial charge on any atom is 0.416 e.